The van der Waals surface area contributed by atoms with Crippen molar-refractivity contribution >= 4 is 11.8 Å². The maximum atomic E-state index is 13.9. The molecule has 7 nitrogen and oxygen atoms in total. The van der Waals surface area contributed by atoms with Crippen LogP contribution in [-0.2, 0) is 0 Å². The van der Waals surface area contributed by atoms with Gasteiger partial charge >= 0.3 is 0 Å². The number of hydrogen-bond acceptors (Lipinski definition) is 4. The maximum Gasteiger partial charge on any atom is 0.274 e. The van der Waals surface area contributed by atoms with E-state index in [0.717, 1.165) is 0 Å². The van der Waals surface area contributed by atoms with Gasteiger partial charge in [-0.15, -0.1) is 0 Å². The number of para-hydroxylation sites is 1. The van der Waals surface area contributed by atoms with Gasteiger partial charge in [-0.05, 0) is 42.5 Å². The van der Waals surface area contributed by atoms with Crippen LogP contribution >= 0.6 is 0 Å². The van der Waals surface area contributed by atoms with Crippen molar-refractivity contribution < 1.29 is 18.7 Å². The van der Waals surface area contributed by atoms with Crippen molar-refractivity contribution in [1.29, 1.82) is 0 Å². The maximum absolute atomic E-state index is 13.9. The first-order chi connectivity index (χ1) is 14.6. The first-order valence-electron chi connectivity index (χ1n) is 9.60. The van der Waals surface area contributed by atoms with E-state index >= 15 is 0 Å². The average molecular weight is 408 g/mol. The van der Waals surface area contributed by atoms with Gasteiger partial charge in [0.1, 0.15) is 17.3 Å². The molecule has 30 heavy (non-hydrogen) atoms. The molecule has 0 unspecified atom stereocenters. The Bertz CT molecular complexity index is 1060. The number of amides is 2. The van der Waals surface area contributed by atoms with E-state index in [2.05, 4.69) is 5.10 Å². The highest BCUT2D eigenvalue weighted by atomic mass is 19.1. The number of halogens is 1. The van der Waals surface area contributed by atoms with Gasteiger partial charge in [-0.2, -0.15) is 5.10 Å². The van der Waals surface area contributed by atoms with E-state index in [9.17, 15) is 14.0 Å². The van der Waals surface area contributed by atoms with Gasteiger partial charge in [-0.1, -0.05) is 12.1 Å². The number of piperazine rings is 1. The van der Waals surface area contributed by atoms with E-state index in [1.165, 1.54) is 10.7 Å². The minimum Gasteiger partial charge on any atom is -0.497 e. The minimum atomic E-state index is -0.412. The van der Waals surface area contributed by atoms with E-state index in [1.807, 2.05) is 0 Å². The second-order valence-electron chi connectivity index (χ2n) is 6.91. The fraction of sp³-hybridized carbons (Fsp3) is 0.227. The van der Waals surface area contributed by atoms with Crippen molar-refractivity contribution in [3.63, 3.8) is 0 Å². The lowest BCUT2D eigenvalue weighted by atomic mass is 10.1. The number of methoxy groups -OCH3 is 1. The number of carbonyl (C=O) groups is 2. The minimum absolute atomic E-state index is 0.0754. The Labute approximate surface area is 173 Å². The molecule has 0 bridgehead atoms. The number of aromatic nitrogens is 2. The molecule has 0 spiro atoms. The van der Waals surface area contributed by atoms with Gasteiger partial charge < -0.3 is 14.5 Å². The normalized spacial score (nSPS) is 13.9. The molecule has 0 atom stereocenters. The Morgan fingerprint density at radius 2 is 1.53 bits per heavy atom. The Balaban J connectivity index is 1.39. The summed E-state index contributed by atoms with van der Waals surface area (Å²) in [5, 5.41) is 4.23. The quantitative estimate of drug-likeness (QED) is 0.666. The van der Waals surface area contributed by atoms with Gasteiger partial charge in [0.05, 0.1) is 7.11 Å². The zero-order valence-electron chi connectivity index (χ0n) is 16.5. The van der Waals surface area contributed by atoms with E-state index in [-0.39, 0.29) is 23.2 Å². The van der Waals surface area contributed by atoms with Gasteiger partial charge in [0.2, 0.25) is 0 Å². The summed E-state index contributed by atoms with van der Waals surface area (Å²) in [5.74, 6) is -0.0303. The van der Waals surface area contributed by atoms with Crippen molar-refractivity contribution in [2.24, 2.45) is 0 Å². The summed E-state index contributed by atoms with van der Waals surface area (Å²) < 4.78 is 20.4. The molecule has 0 aliphatic carbocycles. The van der Waals surface area contributed by atoms with Crippen LogP contribution in [0.25, 0.3) is 5.69 Å². The number of ether oxygens (including phenoxy) is 1. The molecular weight excluding hydrogens is 387 g/mol. The molecule has 8 heteroatoms. The van der Waals surface area contributed by atoms with Crippen molar-refractivity contribution in [3.8, 4) is 11.4 Å². The third kappa shape index (κ3) is 3.89. The van der Waals surface area contributed by atoms with Crippen molar-refractivity contribution in [3.05, 3.63) is 77.9 Å². The number of carbonyl (C=O) groups excluding carboxylic acids is 2. The van der Waals surface area contributed by atoms with E-state index in [1.54, 1.807) is 71.6 Å². The molecule has 0 N–H and O–H groups in total. The van der Waals surface area contributed by atoms with Gasteiger partial charge in [0.25, 0.3) is 11.8 Å². The Morgan fingerprint density at radius 1 is 0.900 bits per heavy atom. The Morgan fingerprint density at radius 3 is 2.17 bits per heavy atom. The van der Waals surface area contributed by atoms with E-state index < -0.39 is 5.82 Å². The van der Waals surface area contributed by atoms with Crippen LogP contribution in [0.3, 0.4) is 0 Å². The van der Waals surface area contributed by atoms with Crippen LogP contribution in [0.1, 0.15) is 20.8 Å². The molecular formula is C22H21FN4O3. The molecule has 1 fully saturated rings. The summed E-state index contributed by atoms with van der Waals surface area (Å²) in [6.45, 7) is 1.69. The molecule has 1 aliphatic heterocycles. The van der Waals surface area contributed by atoms with Crippen LogP contribution in [0, 0.1) is 5.82 Å². The van der Waals surface area contributed by atoms with E-state index in [0.29, 0.717) is 37.5 Å². The second kappa shape index (κ2) is 8.36. The van der Waals surface area contributed by atoms with Gasteiger partial charge in [-0.25, -0.2) is 9.07 Å². The standard InChI is InChI=1S/C22H21FN4O3/c1-30-17-8-6-16(7-9-17)21(28)25-12-14-26(15-13-25)22(29)19-10-11-27(24-19)20-5-3-2-4-18(20)23/h2-11H,12-15H2,1H3. The molecule has 1 aliphatic rings. The molecule has 4 rings (SSSR count). The fourth-order valence-corrected chi connectivity index (χ4v) is 3.40. The van der Waals surface area contributed by atoms with Crippen molar-refractivity contribution in [1.82, 2.24) is 19.6 Å². The van der Waals surface area contributed by atoms with Crippen LogP contribution in [0.2, 0.25) is 0 Å². The SMILES string of the molecule is COc1ccc(C(=O)N2CCN(C(=O)c3ccn(-c4ccccc4F)n3)CC2)cc1. The summed E-state index contributed by atoms with van der Waals surface area (Å²) in [4.78, 5) is 28.8. The highest BCUT2D eigenvalue weighted by Gasteiger charge is 2.26. The predicted octanol–water partition coefficient (Wildman–Crippen LogP) is 2.62. The molecule has 154 valence electrons. The van der Waals surface area contributed by atoms with Crippen LogP contribution in [0.4, 0.5) is 4.39 Å². The lowest BCUT2D eigenvalue weighted by Crippen LogP contribution is -2.50. The van der Waals surface area contributed by atoms with Crippen LogP contribution in [0.15, 0.2) is 60.8 Å². The van der Waals surface area contributed by atoms with Crippen molar-refractivity contribution in [2.45, 2.75) is 0 Å². The molecule has 1 saturated heterocycles. The summed E-state index contributed by atoms with van der Waals surface area (Å²) >= 11 is 0. The van der Waals surface area contributed by atoms with Crippen molar-refractivity contribution in [2.75, 3.05) is 33.3 Å². The monoisotopic (exact) mass is 408 g/mol. The van der Waals surface area contributed by atoms with Gasteiger partial charge in [0.15, 0.2) is 5.69 Å². The molecule has 2 heterocycles. The molecule has 2 aromatic carbocycles. The Kier molecular flexibility index (Phi) is 5.47. The predicted molar refractivity (Wildman–Crippen MR) is 108 cm³/mol. The third-order valence-electron chi connectivity index (χ3n) is 5.10. The molecule has 0 radical (unpaired) electrons. The topological polar surface area (TPSA) is 67.7 Å². The van der Waals surface area contributed by atoms with Crippen LogP contribution in [0.5, 0.6) is 5.75 Å². The van der Waals surface area contributed by atoms with Gasteiger partial charge in [-0.3, -0.25) is 9.59 Å². The molecule has 0 saturated carbocycles. The summed E-state index contributed by atoms with van der Waals surface area (Å²) in [7, 11) is 1.58. The summed E-state index contributed by atoms with van der Waals surface area (Å²) in [6.07, 6.45) is 1.56. The van der Waals surface area contributed by atoms with Crippen LogP contribution < -0.4 is 4.74 Å². The van der Waals surface area contributed by atoms with Gasteiger partial charge in [0, 0.05) is 37.9 Å². The summed E-state index contributed by atoms with van der Waals surface area (Å²) in [6, 6.07) is 14.8. The van der Waals surface area contributed by atoms with Crippen LogP contribution in [-0.4, -0.2) is 64.7 Å². The summed E-state index contributed by atoms with van der Waals surface area (Å²) in [5.41, 5.74) is 1.11. The third-order valence-corrected chi connectivity index (χ3v) is 5.10. The Hall–Kier alpha value is -3.68. The first-order valence-corrected chi connectivity index (χ1v) is 9.60. The zero-order chi connectivity index (χ0) is 21.1. The molecule has 3 aromatic rings. The molecule has 1 aromatic heterocycles. The number of nitrogens with zero attached hydrogens (tertiary/aromatic N) is 4. The highest BCUT2D eigenvalue weighted by molar-refractivity contribution is 5.95. The smallest absolute Gasteiger partial charge is 0.274 e. The lowest BCUT2D eigenvalue weighted by Gasteiger charge is -2.34. The largest absolute Gasteiger partial charge is 0.497 e. The highest BCUT2D eigenvalue weighted by Crippen LogP contribution is 2.16. The number of benzene rings is 2. The lowest BCUT2D eigenvalue weighted by molar-refractivity contribution is 0.0532. The molecule has 2 amide bonds. The van der Waals surface area contributed by atoms with E-state index in [4.69, 9.17) is 4.74 Å². The fourth-order valence-electron chi connectivity index (χ4n) is 3.40. The second-order valence-corrected chi connectivity index (χ2v) is 6.91. The average Bonchev–Trinajstić information content (AvgIpc) is 3.28. The zero-order valence-corrected chi connectivity index (χ0v) is 16.5. The number of hydrogen-bond donors (Lipinski definition) is 0. The first kappa shape index (κ1) is 19.6. The number of rotatable bonds is 4.